The first-order valence-electron chi connectivity index (χ1n) is 12.5. The molecule has 37 heavy (non-hydrogen) atoms. The van der Waals surface area contributed by atoms with Crippen molar-refractivity contribution in [2.75, 3.05) is 16.4 Å². The molecule has 2 aromatic rings. The second-order valence-corrected chi connectivity index (χ2v) is 10.3. The highest BCUT2D eigenvalue weighted by atomic mass is 16.5. The number of nitrogens with zero attached hydrogens (tertiary/aromatic N) is 2. The van der Waals surface area contributed by atoms with Gasteiger partial charge in [-0.05, 0) is 38.1 Å². The van der Waals surface area contributed by atoms with Crippen molar-refractivity contribution in [2.24, 2.45) is 35.0 Å². The number of carbonyl (C=O) groups excluding carboxylic acids is 5. The van der Waals surface area contributed by atoms with Crippen LogP contribution in [-0.4, -0.2) is 36.2 Å². The lowest BCUT2D eigenvalue weighted by Crippen LogP contribution is -2.61. The predicted molar refractivity (Wildman–Crippen MR) is 133 cm³/mol. The number of hydrogen-bond acceptors (Lipinski definition) is 6. The highest BCUT2D eigenvalue weighted by molar-refractivity contribution is 6.27. The van der Waals surface area contributed by atoms with Crippen LogP contribution in [0.25, 0.3) is 0 Å². The van der Waals surface area contributed by atoms with Crippen molar-refractivity contribution < 1.29 is 28.7 Å². The Balaban J connectivity index is 1.56. The number of allylic oxidation sites excluding steroid dienone is 1. The molecule has 3 fully saturated rings. The minimum atomic E-state index is -1.40. The zero-order valence-corrected chi connectivity index (χ0v) is 20.7. The molecule has 4 amide bonds. The summed E-state index contributed by atoms with van der Waals surface area (Å²) in [4.78, 5) is 71.6. The summed E-state index contributed by atoms with van der Waals surface area (Å²) in [5, 5.41) is 0. The van der Waals surface area contributed by atoms with Crippen LogP contribution in [0.4, 0.5) is 11.4 Å². The van der Waals surface area contributed by atoms with Crippen molar-refractivity contribution in [1.82, 2.24) is 0 Å². The molecule has 0 radical (unpaired) electrons. The average molecular weight is 499 g/mol. The zero-order valence-electron chi connectivity index (χ0n) is 20.7. The molecule has 8 heteroatoms. The highest BCUT2D eigenvalue weighted by Gasteiger charge is 2.77. The van der Waals surface area contributed by atoms with Gasteiger partial charge in [0.2, 0.25) is 23.6 Å². The van der Waals surface area contributed by atoms with Crippen LogP contribution in [-0.2, 0) is 28.7 Å². The first kappa shape index (κ1) is 23.3. The molecule has 2 saturated heterocycles. The van der Waals surface area contributed by atoms with Gasteiger partial charge in [0.05, 0.1) is 41.7 Å². The van der Waals surface area contributed by atoms with Crippen molar-refractivity contribution in [3.8, 4) is 0 Å². The van der Waals surface area contributed by atoms with Crippen molar-refractivity contribution in [1.29, 1.82) is 0 Å². The molecule has 1 saturated carbocycles. The number of esters is 1. The molecule has 0 aromatic heterocycles. The molecule has 5 aliphatic rings. The van der Waals surface area contributed by atoms with Gasteiger partial charge < -0.3 is 4.74 Å². The Morgan fingerprint density at radius 3 is 1.59 bits per heavy atom. The van der Waals surface area contributed by atoms with E-state index < -0.39 is 64.6 Å². The molecule has 188 valence electrons. The molecule has 2 unspecified atom stereocenters. The molecule has 2 bridgehead atoms. The maximum absolute atomic E-state index is 14.0. The van der Waals surface area contributed by atoms with Crippen LogP contribution >= 0.6 is 0 Å². The van der Waals surface area contributed by atoms with Crippen LogP contribution in [0.5, 0.6) is 0 Å². The molecule has 2 heterocycles. The van der Waals surface area contributed by atoms with Gasteiger partial charge in [-0.3, -0.25) is 29.0 Å². The lowest BCUT2D eigenvalue weighted by atomic mass is 9.43. The van der Waals surface area contributed by atoms with Crippen molar-refractivity contribution >= 4 is 41.0 Å². The van der Waals surface area contributed by atoms with E-state index in [1.165, 1.54) is 0 Å². The molecule has 2 aliphatic heterocycles. The first-order chi connectivity index (χ1) is 17.7. The van der Waals surface area contributed by atoms with Gasteiger partial charge in [0, 0.05) is 16.9 Å². The summed E-state index contributed by atoms with van der Waals surface area (Å²) in [5.41, 5.74) is 0.259. The smallest absolute Gasteiger partial charge is 0.334 e. The van der Waals surface area contributed by atoms with E-state index in [1.807, 2.05) is 0 Å². The van der Waals surface area contributed by atoms with E-state index in [4.69, 9.17) is 4.74 Å². The molecule has 7 rings (SSSR count). The Morgan fingerprint density at radius 1 is 0.757 bits per heavy atom. The Morgan fingerprint density at radius 2 is 1.19 bits per heavy atom. The summed E-state index contributed by atoms with van der Waals surface area (Å²) < 4.78 is 5.40. The van der Waals surface area contributed by atoms with E-state index in [2.05, 4.69) is 0 Å². The average Bonchev–Trinajstić information content (AvgIpc) is 3.31. The normalized spacial score (nSPS) is 32.2. The number of imide groups is 2. The van der Waals surface area contributed by atoms with E-state index >= 15 is 0 Å². The van der Waals surface area contributed by atoms with Gasteiger partial charge in [-0.25, -0.2) is 4.79 Å². The summed E-state index contributed by atoms with van der Waals surface area (Å²) in [5.74, 6) is -6.76. The number of amides is 4. The fourth-order valence-electron chi connectivity index (χ4n) is 7.47. The number of para-hydroxylation sites is 2. The van der Waals surface area contributed by atoms with Crippen LogP contribution in [0, 0.1) is 35.0 Å². The lowest BCUT2D eigenvalue weighted by molar-refractivity contribution is -0.155. The van der Waals surface area contributed by atoms with Crippen LogP contribution in [0.15, 0.2) is 71.8 Å². The number of carbonyl (C=O) groups is 5. The van der Waals surface area contributed by atoms with E-state index in [0.29, 0.717) is 16.9 Å². The van der Waals surface area contributed by atoms with Crippen molar-refractivity contribution in [2.45, 2.75) is 20.8 Å². The fourth-order valence-corrected chi connectivity index (χ4v) is 7.47. The van der Waals surface area contributed by atoms with Crippen molar-refractivity contribution in [3.63, 3.8) is 0 Å². The minimum Gasteiger partial charge on any atom is -0.463 e. The second kappa shape index (κ2) is 7.96. The molecular formula is C29H26N2O6. The number of anilines is 2. The van der Waals surface area contributed by atoms with E-state index in [0.717, 1.165) is 9.80 Å². The molecule has 8 nitrogen and oxygen atoms in total. The Hall–Kier alpha value is -4.07. The summed E-state index contributed by atoms with van der Waals surface area (Å²) in [6.07, 6.45) is 0. The molecule has 3 aliphatic carbocycles. The largest absolute Gasteiger partial charge is 0.463 e. The standard InChI is InChI=1S/C29H26N2O6/c1-4-37-28(36)21-15(2)18-19-22(26(34)30(24(19)32)16-11-7-5-8-12-16)29(21,3)23-20(18)25(33)31(27(23)35)17-13-9-6-10-14-17/h5-14,18-20,22-23H,4H2,1-3H3/t18?,19-,20-,22-,23+,29?/m0/s1. The molecule has 0 spiro atoms. The number of rotatable bonds is 4. The van der Waals surface area contributed by atoms with E-state index in [9.17, 15) is 24.0 Å². The van der Waals surface area contributed by atoms with Gasteiger partial charge in [0.15, 0.2) is 0 Å². The summed E-state index contributed by atoms with van der Waals surface area (Å²) >= 11 is 0. The van der Waals surface area contributed by atoms with Crippen LogP contribution < -0.4 is 9.80 Å². The predicted octanol–water partition coefficient (Wildman–Crippen LogP) is 3.13. The highest BCUT2D eigenvalue weighted by Crippen LogP contribution is 2.68. The summed E-state index contributed by atoms with van der Waals surface area (Å²) in [6.45, 7) is 5.22. The quantitative estimate of drug-likeness (QED) is 0.474. The summed E-state index contributed by atoms with van der Waals surface area (Å²) in [7, 11) is 0. The van der Waals surface area contributed by atoms with Crippen molar-refractivity contribution in [3.05, 3.63) is 71.8 Å². The SMILES string of the molecule is CCOC(=O)C1=C(C)C2[C@@H]3C(=O)N(c4ccccc4)C(=O)[C@H]3C1(C)[C@H]1C(=O)N(c3ccccc3)C(=O)[C@@H]21. The lowest BCUT2D eigenvalue weighted by Gasteiger charge is -2.55. The molecule has 0 N–H and O–H groups in total. The van der Waals surface area contributed by atoms with Gasteiger partial charge in [-0.1, -0.05) is 48.9 Å². The fraction of sp³-hybridized carbons (Fsp3) is 0.345. The third-order valence-corrected chi connectivity index (χ3v) is 8.71. The molecule has 6 atom stereocenters. The first-order valence-corrected chi connectivity index (χ1v) is 12.5. The molecule has 2 aromatic carbocycles. The van der Waals surface area contributed by atoms with Gasteiger partial charge in [0.25, 0.3) is 0 Å². The third-order valence-electron chi connectivity index (χ3n) is 8.71. The Kier molecular flexibility index (Phi) is 5.02. The Labute approximate surface area is 213 Å². The number of benzene rings is 2. The van der Waals surface area contributed by atoms with Gasteiger partial charge in [0.1, 0.15) is 0 Å². The van der Waals surface area contributed by atoms with E-state index in [-0.39, 0.29) is 12.2 Å². The Bertz CT molecular complexity index is 1310. The van der Waals surface area contributed by atoms with Crippen LogP contribution in [0.3, 0.4) is 0 Å². The zero-order chi connectivity index (χ0) is 26.2. The second-order valence-electron chi connectivity index (χ2n) is 10.3. The van der Waals surface area contributed by atoms with Gasteiger partial charge in [-0.15, -0.1) is 0 Å². The molecular weight excluding hydrogens is 472 g/mol. The topological polar surface area (TPSA) is 101 Å². The summed E-state index contributed by atoms with van der Waals surface area (Å²) in [6, 6.07) is 17.2. The van der Waals surface area contributed by atoms with Crippen LogP contribution in [0.2, 0.25) is 0 Å². The van der Waals surface area contributed by atoms with Gasteiger partial charge in [-0.2, -0.15) is 0 Å². The monoisotopic (exact) mass is 498 g/mol. The maximum Gasteiger partial charge on any atom is 0.334 e. The third kappa shape index (κ3) is 2.81. The number of hydrogen-bond donors (Lipinski definition) is 0. The van der Waals surface area contributed by atoms with E-state index in [1.54, 1.807) is 81.4 Å². The van der Waals surface area contributed by atoms with Gasteiger partial charge >= 0.3 is 5.97 Å². The van der Waals surface area contributed by atoms with Crippen LogP contribution in [0.1, 0.15) is 20.8 Å². The minimum absolute atomic E-state index is 0.116. The number of ether oxygens (including phenoxy) is 1. The maximum atomic E-state index is 14.0.